The lowest BCUT2D eigenvalue weighted by molar-refractivity contribution is -0.142. The van der Waals surface area contributed by atoms with Crippen LogP contribution in [-0.2, 0) is 17.8 Å². The molecule has 1 aromatic heterocycles. The third-order valence-electron chi connectivity index (χ3n) is 5.82. The van der Waals surface area contributed by atoms with Crippen molar-refractivity contribution in [3.05, 3.63) is 110 Å². The van der Waals surface area contributed by atoms with Gasteiger partial charge in [-0.3, -0.25) is 4.79 Å². The highest BCUT2D eigenvalue weighted by atomic mass is 35.5. The van der Waals surface area contributed by atoms with Crippen LogP contribution in [0.3, 0.4) is 0 Å². The number of aliphatic carboxylic acids is 1. The second-order valence-electron chi connectivity index (χ2n) is 8.09. The highest BCUT2D eigenvalue weighted by Gasteiger charge is 2.32. The van der Waals surface area contributed by atoms with Gasteiger partial charge in [-0.15, -0.1) is 23.1 Å². The standard InChI is InChI=1S/C28H23Cl2NO3S2/c1-35-21-10-7-19(8-11-21)22-13-14-36-26(22)17-31(27(32)23-12-9-20(29)16-24(23)30)25(28(33)34)15-18-5-3-2-4-6-18/h2-14,16,25H,15,17H2,1H3,(H,33,34). The maximum atomic E-state index is 13.8. The number of nitrogens with zero attached hydrogens (tertiary/aromatic N) is 1. The molecule has 0 bridgehead atoms. The van der Waals surface area contributed by atoms with Gasteiger partial charge >= 0.3 is 5.97 Å². The van der Waals surface area contributed by atoms with E-state index >= 15 is 0 Å². The van der Waals surface area contributed by atoms with Gasteiger partial charge in [0, 0.05) is 21.2 Å². The van der Waals surface area contributed by atoms with Gasteiger partial charge in [-0.2, -0.15) is 0 Å². The summed E-state index contributed by atoms with van der Waals surface area (Å²) >= 11 is 15.6. The molecule has 0 spiro atoms. The summed E-state index contributed by atoms with van der Waals surface area (Å²) < 4.78 is 0. The second kappa shape index (κ2) is 12.0. The smallest absolute Gasteiger partial charge is 0.326 e. The maximum absolute atomic E-state index is 13.8. The molecule has 0 radical (unpaired) electrons. The van der Waals surface area contributed by atoms with Gasteiger partial charge in [-0.25, -0.2) is 4.79 Å². The number of thiophene rings is 1. The van der Waals surface area contributed by atoms with E-state index in [1.165, 1.54) is 28.4 Å². The Labute approximate surface area is 228 Å². The Bertz CT molecular complexity index is 1360. The van der Waals surface area contributed by atoms with Crippen LogP contribution in [0.5, 0.6) is 0 Å². The van der Waals surface area contributed by atoms with E-state index in [4.69, 9.17) is 23.2 Å². The van der Waals surface area contributed by atoms with Crippen LogP contribution < -0.4 is 0 Å². The molecule has 1 amide bonds. The number of carbonyl (C=O) groups excluding carboxylic acids is 1. The lowest BCUT2D eigenvalue weighted by atomic mass is 10.0. The number of hydrogen-bond donors (Lipinski definition) is 1. The molecule has 8 heteroatoms. The molecule has 0 aliphatic rings. The number of carboxylic acid groups (broad SMARTS) is 1. The summed E-state index contributed by atoms with van der Waals surface area (Å²) in [6, 6.07) is 23.0. The zero-order valence-corrected chi connectivity index (χ0v) is 22.5. The Kier molecular flexibility index (Phi) is 8.75. The molecule has 4 nitrogen and oxygen atoms in total. The number of benzene rings is 3. The van der Waals surface area contributed by atoms with E-state index in [0.717, 1.165) is 26.5 Å². The average Bonchev–Trinajstić information content (AvgIpc) is 3.34. The van der Waals surface area contributed by atoms with Gasteiger partial charge in [0.25, 0.3) is 5.91 Å². The van der Waals surface area contributed by atoms with Crippen molar-refractivity contribution in [1.82, 2.24) is 4.90 Å². The molecule has 4 rings (SSSR count). The summed E-state index contributed by atoms with van der Waals surface area (Å²) in [5, 5.41) is 12.8. The van der Waals surface area contributed by atoms with E-state index in [9.17, 15) is 14.7 Å². The normalized spacial score (nSPS) is 11.8. The van der Waals surface area contributed by atoms with Crippen molar-refractivity contribution < 1.29 is 14.7 Å². The van der Waals surface area contributed by atoms with Crippen LogP contribution in [0.1, 0.15) is 20.8 Å². The van der Waals surface area contributed by atoms with Crippen molar-refractivity contribution in [1.29, 1.82) is 0 Å². The summed E-state index contributed by atoms with van der Waals surface area (Å²) in [6.07, 6.45) is 2.19. The van der Waals surface area contributed by atoms with Gasteiger partial charge in [0.15, 0.2) is 0 Å². The Morgan fingerprint density at radius 2 is 1.72 bits per heavy atom. The fourth-order valence-electron chi connectivity index (χ4n) is 3.95. The van der Waals surface area contributed by atoms with Crippen LogP contribution in [-0.4, -0.2) is 34.2 Å². The Balaban J connectivity index is 1.74. The van der Waals surface area contributed by atoms with E-state index in [0.29, 0.717) is 5.02 Å². The summed E-state index contributed by atoms with van der Waals surface area (Å²) in [7, 11) is 0. The molecule has 0 aliphatic carbocycles. The Morgan fingerprint density at radius 1 is 1.00 bits per heavy atom. The molecule has 3 aromatic carbocycles. The first-order chi connectivity index (χ1) is 17.4. The molecule has 184 valence electrons. The Morgan fingerprint density at radius 3 is 2.36 bits per heavy atom. The van der Waals surface area contributed by atoms with Crippen LogP contribution in [0.4, 0.5) is 0 Å². The van der Waals surface area contributed by atoms with Crippen LogP contribution in [0, 0.1) is 0 Å². The second-order valence-corrected chi connectivity index (χ2v) is 10.8. The molecule has 36 heavy (non-hydrogen) atoms. The van der Waals surface area contributed by atoms with Crippen molar-refractivity contribution in [2.75, 3.05) is 6.26 Å². The lowest BCUT2D eigenvalue weighted by Gasteiger charge is -2.30. The fraction of sp³-hybridized carbons (Fsp3) is 0.143. The summed E-state index contributed by atoms with van der Waals surface area (Å²) in [5.41, 5.74) is 3.01. The first-order valence-corrected chi connectivity index (χ1v) is 14.0. The minimum absolute atomic E-state index is 0.124. The van der Waals surface area contributed by atoms with Crippen LogP contribution >= 0.6 is 46.3 Å². The van der Waals surface area contributed by atoms with Gasteiger partial charge in [-0.1, -0.05) is 65.7 Å². The number of thioether (sulfide) groups is 1. The summed E-state index contributed by atoms with van der Waals surface area (Å²) in [5.74, 6) is -1.54. The molecular weight excluding hydrogens is 533 g/mol. The maximum Gasteiger partial charge on any atom is 0.326 e. The predicted molar refractivity (Wildman–Crippen MR) is 149 cm³/mol. The minimum atomic E-state index is -1.10. The molecule has 4 aromatic rings. The number of hydrogen-bond acceptors (Lipinski definition) is 4. The molecule has 0 aliphatic heterocycles. The number of amides is 1. The third kappa shape index (κ3) is 6.13. The molecule has 1 unspecified atom stereocenters. The van der Waals surface area contributed by atoms with Crippen molar-refractivity contribution in [3.8, 4) is 11.1 Å². The highest BCUT2D eigenvalue weighted by molar-refractivity contribution is 7.98. The monoisotopic (exact) mass is 555 g/mol. The van der Waals surface area contributed by atoms with Gasteiger partial charge in [0.05, 0.1) is 17.1 Å². The summed E-state index contributed by atoms with van der Waals surface area (Å²) in [4.78, 5) is 29.8. The molecule has 0 saturated carbocycles. The minimum Gasteiger partial charge on any atom is -0.480 e. The molecular formula is C28H23Cl2NO3S2. The van der Waals surface area contributed by atoms with Crippen molar-refractivity contribution in [3.63, 3.8) is 0 Å². The Hall–Kier alpha value is -2.77. The first-order valence-electron chi connectivity index (χ1n) is 11.1. The van der Waals surface area contributed by atoms with E-state index < -0.39 is 17.9 Å². The van der Waals surface area contributed by atoms with E-state index in [1.54, 1.807) is 17.8 Å². The predicted octanol–water partition coefficient (Wildman–Crippen LogP) is 7.78. The SMILES string of the molecule is CSc1ccc(-c2ccsc2CN(C(=O)c2ccc(Cl)cc2Cl)C(Cc2ccccc2)C(=O)O)cc1. The fourth-order valence-corrected chi connectivity index (χ4v) is 5.75. The molecule has 1 heterocycles. The molecule has 0 fully saturated rings. The van der Waals surface area contributed by atoms with Crippen molar-refractivity contribution >= 4 is 58.2 Å². The quantitative estimate of drug-likeness (QED) is 0.214. The number of halogens is 2. The van der Waals surface area contributed by atoms with Crippen LogP contribution in [0.2, 0.25) is 10.0 Å². The highest BCUT2D eigenvalue weighted by Crippen LogP contribution is 2.33. The van der Waals surface area contributed by atoms with Crippen molar-refractivity contribution in [2.24, 2.45) is 0 Å². The van der Waals surface area contributed by atoms with E-state index in [2.05, 4.69) is 0 Å². The van der Waals surface area contributed by atoms with Crippen molar-refractivity contribution in [2.45, 2.75) is 23.9 Å². The largest absolute Gasteiger partial charge is 0.480 e. The van der Waals surface area contributed by atoms with Gasteiger partial charge in [0.2, 0.25) is 0 Å². The van der Waals surface area contributed by atoms with Crippen LogP contribution in [0.25, 0.3) is 11.1 Å². The number of carboxylic acids is 1. The zero-order chi connectivity index (χ0) is 25.7. The van der Waals surface area contributed by atoms with Gasteiger partial charge < -0.3 is 10.0 Å². The number of carbonyl (C=O) groups is 2. The van der Waals surface area contributed by atoms with E-state index in [1.807, 2.05) is 72.3 Å². The van der Waals surface area contributed by atoms with Crippen LogP contribution in [0.15, 0.2) is 89.1 Å². The first kappa shape index (κ1) is 26.3. The van der Waals surface area contributed by atoms with E-state index in [-0.39, 0.29) is 23.6 Å². The third-order valence-corrected chi connectivity index (χ3v) is 8.01. The topological polar surface area (TPSA) is 57.6 Å². The molecule has 1 N–H and O–H groups in total. The lowest BCUT2D eigenvalue weighted by Crippen LogP contribution is -2.46. The van der Waals surface area contributed by atoms with Gasteiger partial charge in [0.1, 0.15) is 6.04 Å². The molecule has 1 atom stereocenters. The average molecular weight is 557 g/mol. The summed E-state index contributed by atoms with van der Waals surface area (Å²) in [6.45, 7) is 0.124. The van der Waals surface area contributed by atoms with Gasteiger partial charge in [-0.05, 0) is 64.7 Å². The number of rotatable bonds is 9. The zero-order valence-electron chi connectivity index (χ0n) is 19.4. The molecule has 0 saturated heterocycles.